The third kappa shape index (κ3) is 7.23. The predicted octanol–water partition coefficient (Wildman–Crippen LogP) is 4.59. The summed E-state index contributed by atoms with van der Waals surface area (Å²) < 4.78 is 26.4. The molecule has 2 aromatic rings. The van der Waals surface area contributed by atoms with Crippen LogP contribution in [0.15, 0.2) is 42.5 Å². The van der Waals surface area contributed by atoms with Gasteiger partial charge in [0.15, 0.2) is 0 Å². The molecule has 0 radical (unpaired) electrons. The van der Waals surface area contributed by atoms with Crippen molar-refractivity contribution in [3.05, 3.63) is 64.2 Å². The van der Waals surface area contributed by atoms with E-state index in [9.17, 15) is 18.0 Å². The molecule has 1 aliphatic carbocycles. The van der Waals surface area contributed by atoms with Gasteiger partial charge >= 0.3 is 0 Å². The zero-order valence-electron chi connectivity index (χ0n) is 21.5. The molecule has 0 bridgehead atoms. The lowest BCUT2D eigenvalue weighted by atomic mass is 9.95. The number of nitrogens with one attached hydrogen (secondary N) is 1. The van der Waals surface area contributed by atoms with Gasteiger partial charge in [-0.05, 0) is 62.4 Å². The minimum atomic E-state index is -3.80. The fraction of sp³-hybridized carbons (Fsp3) is 0.481. The Morgan fingerprint density at radius 3 is 2.33 bits per heavy atom. The van der Waals surface area contributed by atoms with Gasteiger partial charge in [-0.2, -0.15) is 0 Å². The maximum atomic E-state index is 13.7. The molecule has 1 fully saturated rings. The number of benzene rings is 2. The van der Waals surface area contributed by atoms with Crippen molar-refractivity contribution >= 4 is 39.1 Å². The zero-order valence-corrected chi connectivity index (χ0v) is 23.0. The first-order valence-electron chi connectivity index (χ1n) is 12.4. The summed E-state index contributed by atoms with van der Waals surface area (Å²) in [5.41, 5.74) is 2.99. The Bertz CT molecular complexity index is 1200. The van der Waals surface area contributed by atoms with Crippen LogP contribution in [0.4, 0.5) is 5.69 Å². The minimum Gasteiger partial charge on any atom is -0.352 e. The van der Waals surface area contributed by atoms with Crippen LogP contribution >= 0.6 is 11.6 Å². The SMILES string of the molecule is Cc1ccc(N(CC(=O)N(Cc2ccccc2C)[C@@H](C)C(=O)NC2CCCCC2)S(C)(=O)=O)cc1Cl. The van der Waals surface area contributed by atoms with Crippen LogP contribution in [-0.4, -0.2) is 50.0 Å². The molecule has 9 heteroatoms. The van der Waals surface area contributed by atoms with E-state index in [1.165, 1.54) is 17.4 Å². The van der Waals surface area contributed by atoms with Gasteiger partial charge in [0.25, 0.3) is 0 Å². The largest absolute Gasteiger partial charge is 0.352 e. The van der Waals surface area contributed by atoms with E-state index < -0.39 is 28.5 Å². The van der Waals surface area contributed by atoms with Gasteiger partial charge in [-0.1, -0.05) is 61.2 Å². The molecule has 3 rings (SSSR count). The third-order valence-corrected chi connectivity index (χ3v) is 8.39. The number of hydrogen-bond donors (Lipinski definition) is 1. The molecule has 0 heterocycles. The average Bonchev–Trinajstić information content (AvgIpc) is 2.83. The molecule has 1 atom stereocenters. The molecule has 0 spiro atoms. The normalized spacial score (nSPS) is 15.2. The predicted molar refractivity (Wildman–Crippen MR) is 145 cm³/mol. The van der Waals surface area contributed by atoms with Crippen molar-refractivity contribution in [1.82, 2.24) is 10.2 Å². The summed E-state index contributed by atoms with van der Waals surface area (Å²) in [4.78, 5) is 28.4. The number of anilines is 1. The van der Waals surface area contributed by atoms with E-state index in [2.05, 4.69) is 5.32 Å². The summed E-state index contributed by atoms with van der Waals surface area (Å²) in [5.74, 6) is -0.695. The van der Waals surface area contributed by atoms with Gasteiger partial charge in [-0.15, -0.1) is 0 Å². The fourth-order valence-electron chi connectivity index (χ4n) is 4.47. The minimum absolute atomic E-state index is 0.103. The Balaban J connectivity index is 1.89. The van der Waals surface area contributed by atoms with Crippen molar-refractivity contribution in [2.24, 2.45) is 0 Å². The van der Waals surface area contributed by atoms with Crippen molar-refractivity contribution in [2.75, 3.05) is 17.1 Å². The van der Waals surface area contributed by atoms with E-state index >= 15 is 0 Å². The van der Waals surface area contributed by atoms with Crippen LogP contribution in [0, 0.1) is 13.8 Å². The summed E-state index contributed by atoms with van der Waals surface area (Å²) >= 11 is 6.25. The van der Waals surface area contributed by atoms with Crippen LogP contribution in [0.1, 0.15) is 55.7 Å². The quantitative estimate of drug-likeness (QED) is 0.511. The van der Waals surface area contributed by atoms with Gasteiger partial charge in [0, 0.05) is 17.6 Å². The third-order valence-electron chi connectivity index (χ3n) is 6.84. The molecule has 0 saturated heterocycles. The fourth-order valence-corrected chi connectivity index (χ4v) is 5.49. The summed E-state index contributed by atoms with van der Waals surface area (Å²) in [5, 5.41) is 3.51. The Morgan fingerprint density at radius 2 is 1.72 bits per heavy atom. The van der Waals surface area contributed by atoms with Crippen LogP contribution in [0.25, 0.3) is 0 Å². The van der Waals surface area contributed by atoms with Crippen molar-refractivity contribution in [3.63, 3.8) is 0 Å². The van der Waals surface area contributed by atoms with E-state index in [0.29, 0.717) is 10.7 Å². The smallest absolute Gasteiger partial charge is 0.244 e. The van der Waals surface area contributed by atoms with Crippen molar-refractivity contribution < 1.29 is 18.0 Å². The Hall–Kier alpha value is -2.58. The van der Waals surface area contributed by atoms with Crippen LogP contribution in [-0.2, 0) is 26.2 Å². The second kappa shape index (κ2) is 12.1. The first kappa shape index (κ1) is 28.0. The summed E-state index contributed by atoms with van der Waals surface area (Å²) in [7, 11) is -3.80. The first-order chi connectivity index (χ1) is 17.0. The van der Waals surface area contributed by atoms with Gasteiger partial charge in [0.1, 0.15) is 12.6 Å². The highest BCUT2D eigenvalue weighted by atomic mass is 35.5. The van der Waals surface area contributed by atoms with Gasteiger partial charge in [0.2, 0.25) is 21.8 Å². The lowest BCUT2D eigenvalue weighted by Gasteiger charge is -2.33. The van der Waals surface area contributed by atoms with Crippen LogP contribution in [0.3, 0.4) is 0 Å². The molecule has 7 nitrogen and oxygen atoms in total. The molecular formula is C27H36ClN3O4S. The molecule has 2 aromatic carbocycles. The standard InChI is InChI=1S/C27H36ClN3O4S/c1-19-10-8-9-11-22(19)17-30(21(3)27(33)29-23-12-6-5-7-13-23)26(32)18-31(36(4,34)35)24-15-14-20(2)25(28)16-24/h8-11,14-16,21,23H,5-7,12-13,17-18H2,1-4H3,(H,29,33)/t21-/m0/s1. The molecule has 0 aromatic heterocycles. The lowest BCUT2D eigenvalue weighted by Crippen LogP contribution is -2.53. The number of halogens is 1. The second-order valence-electron chi connectivity index (χ2n) is 9.67. The number of carbonyl (C=O) groups excluding carboxylic acids is 2. The monoisotopic (exact) mass is 533 g/mol. The van der Waals surface area contributed by atoms with Crippen molar-refractivity contribution in [3.8, 4) is 0 Å². The van der Waals surface area contributed by atoms with Gasteiger partial charge < -0.3 is 10.2 Å². The van der Waals surface area contributed by atoms with Crippen LogP contribution < -0.4 is 9.62 Å². The molecule has 1 N–H and O–H groups in total. The van der Waals surface area contributed by atoms with E-state index in [-0.39, 0.29) is 18.5 Å². The summed E-state index contributed by atoms with van der Waals surface area (Å²) in [6.45, 7) is 5.21. The topological polar surface area (TPSA) is 86.8 Å². The highest BCUT2D eigenvalue weighted by Crippen LogP contribution is 2.26. The van der Waals surface area contributed by atoms with Gasteiger partial charge in [-0.25, -0.2) is 8.42 Å². The Kier molecular flexibility index (Phi) is 9.41. The van der Waals surface area contributed by atoms with Gasteiger partial charge in [-0.3, -0.25) is 13.9 Å². The Morgan fingerprint density at radius 1 is 1.06 bits per heavy atom. The summed E-state index contributed by atoms with van der Waals surface area (Å²) in [6.07, 6.45) is 6.24. The highest BCUT2D eigenvalue weighted by Gasteiger charge is 2.31. The molecule has 1 saturated carbocycles. The number of aryl methyl sites for hydroxylation is 2. The lowest BCUT2D eigenvalue weighted by molar-refractivity contribution is -0.139. The molecule has 0 unspecified atom stereocenters. The maximum absolute atomic E-state index is 13.7. The highest BCUT2D eigenvalue weighted by molar-refractivity contribution is 7.92. The van der Waals surface area contributed by atoms with Crippen LogP contribution in [0.2, 0.25) is 5.02 Å². The molecular weight excluding hydrogens is 498 g/mol. The first-order valence-corrected chi connectivity index (χ1v) is 14.6. The van der Waals surface area contributed by atoms with Crippen molar-refractivity contribution in [1.29, 1.82) is 0 Å². The molecule has 0 aliphatic heterocycles. The number of sulfonamides is 1. The molecule has 2 amide bonds. The maximum Gasteiger partial charge on any atom is 0.244 e. The number of carbonyl (C=O) groups is 2. The number of rotatable bonds is 9. The molecule has 36 heavy (non-hydrogen) atoms. The zero-order chi connectivity index (χ0) is 26.5. The summed E-state index contributed by atoms with van der Waals surface area (Å²) in [6, 6.07) is 11.9. The number of nitrogens with zero attached hydrogens (tertiary/aromatic N) is 2. The number of amides is 2. The van der Waals surface area contributed by atoms with E-state index in [1.807, 2.05) is 38.1 Å². The second-order valence-corrected chi connectivity index (χ2v) is 12.0. The Labute approximate surface area is 219 Å². The van der Waals surface area contributed by atoms with E-state index in [4.69, 9.17) is 11.6 Å². The molecule has 196 valence electrons. The average molecular weight is 534 g/mol. The van der Waals surface area contributed by atoms with Crippen molar-refractivity contribution in [2.45, 2.75) is 71.5 Å². The molecule has 1 aliphatic rings. The van der Waals surface area contributed by atoms with E-state index in [1.54, 1.807) is 19.1 Å². The van der Waals surface area contributed by atoms with Gasteiger partial charge in [0.05, 0.1) is 11.9 Å². The number of hydrogen-bond acceptors (Lipinski definition) is 4. The van der Waals surface area contributed by atoms with Crippen LogP contribution in [0.5, 0.6) is 0 Å². The van der Waals surface area contributed by atoms with E-state index in [0.717, 1.165) is 52.9 Å².